The Balaban J connectivity index is 2.88. The number of carbonyl (C=O) groups excluding carboxylic acids is 2. The number of rotatable bonds is 9. The van der Waals surface area contributed by atoms with Crippen LogP contribution >= 0.6 is 11.6 Å². The van der Waals surface area contributed by atoms with Crippen LogP contribution < -0.4 is 4.74 Å². The van der Waals surface area contributed by atoms with Gasteiger partial charge in [-0.15, -0.1) is 0 Å². The summed E-state index contributed by atoms with van der Waals surface area (Å²) in [5.41, 5.74) is -0.522. The first-order valence-corrected chi connectivity index (χ1v) is 8.94. The fourth-order valence-corrected chi connectivity index (χ4v) is 2.72. The number of hydrogen-bond donors (Lipinski definition) is 0. The lowest BCUT2D eigenvalue weighted by molar-refractivity contribution is -0.168. The van der Waals surface area contributed by atoms with Crippen LogP contribution in [0.5, 0.6) is 5.75 Å². The monoisotopic (exact) mass is 354 g/mol. The van der Waals surface area contributed by atoms with E-state index >= 15 is 0 Å². The van der Waals surface area contributed by atoms with Crippen molar-refractivity contribution >= 4 is 23.5 Å². The van der Waals surface area contributed by atoms with Crippen LogP contribution in [0.2, 0.25) is 5.02 Å². The molecule has 24 heavy (non-hydrogen) atoms. The van der Waals surface area contributed by atoms with Crippen LogP contribution in [0, 0.1) is 12.3 Å². The maximum absolute atomic E-state index is 12.7. The summed E-state index contributed by atoms with van der Waals surface area (Å²) in [4.78, 5) is 25.2. The molecule has 0 spiro atoms. The zero-order valence-corrected chi connectivity index (χ0v) is 15.7. The second kappa shape index (κ2) is 9.67. The molecule has 5 heteroatoms. The Bertz CT molecular complexity index is 564. The summed E-state index contributed by atoms with van der Waals surface area (Å²) in [5.74, 6) is -0.659. The molecule has 0 atom stereocenters. The van der Waals surface area contributed by atoms with Crippen molar-refractivity contribution in [2.75, 3.05) is 6.61 Å². The molecular formula is C19H27ClO4. The molecule has 0 unspecified atom stereocenters. The summed E-state index contributed by atoms with van der Waals surface area (Å²) in [6.07, 6.45) is 3.51. The number of halogens is 1. The number of hydrogen-bond acceptors (Lipinski definition) is 4. The number of esters is 2. The van der Waals surface area contributed by atoms with E-state index in [1.165, 1.54) is 0 Å². The summed E-state index contributed by atoms with van der Waals surface area (Å²) in [5, 5.41) is 0.569. The predicted molar refractivity (Wildman–Crippen MR) is 95.3 cm³/mol. The van der Waals surface area contributed by atoms with Gasteiger partial charge >= 0.3 is 11.9 Å². The first kappa shape index (κ1) is 20.5. The topological polar surface area (TPSA) is 52.6 Å². The number of carbonyl (C=O) groups is 2. The molecule has 0 N–H and O–H groups in total. The van der Waals surface area contributed by atoms with Crippen LogP contribution in [-0.4, -0.2) is 18.5 Å². The van der Waals surface area contributed by atoms with Gasteiger partial charge in [0.1, 0.15) is 5.75 Å². The Labute approximate surface area is 149 Å². The van der Waals surface area contributed by atoms with E-state index < -0.39 is 17.4 Å². The Morgan fingerprint density at radius 3 is 2.29 bits per heavy atom. The lowest BCUT2D eigenvalue weighted by atomic mass is 9.82. The van der Waals surface area contributed by atoms with Gasteiger partial charge in [-0.2, -0.15) is 0 Å². The van der Waals surface area contributed by atoms with Gasteiger partial charge in [-0.1, -0.05) is 45.2 Å². The molecule has 0 aliphatic rings. The Morgan fingerprint density at radius 1 is 1.08 bits per heavy atom. The Kier molecular flexibility index (Phi) is 8.26. The summed E-state index contributed by atoms with van der Waals surface area (Å²) >= 11 is 5.92. The lowest BCUT2D eigenvalue weighted by Crippen LogP contribution is -2.42. The molecule has 0 heterocycles. The van der Waals surface area contributed by atoms with Crippen molar-refractivity contribution in [3.8, 4) is 5.75 Å². The van der Waals surface area contributed by atoms with Crippen LogP contribution in [0.15, 0.2) is 18.2 Å². The fourth-order valence-electron chi connectivity index (χ4n) is 2.49. The molecule has 0 saturated heterocycles. The smallest absolute Gasteiger partial charge is 0.328 e. The molecule has 1 aromatic carbocycles. The van der Waals surface area contributed by atoms with E-state index in [-0.39, 0.29) is 0 Å². The van der Waals surface area contributed by atoms with Gasteiger partial charge in [0.15, 0.2) is 5.41 Å². The van der Waals surface area contributed by atoms with Gasteiger partial charge in [0.2, 0.25) is 0 Å². The van der Waals surface area contributed by atoms with Crippen LogP contribution in [0.3, 0.4) is 0 Å². The van der Waals surface area contributed by atoms with E-state index in [1.54, 1.807) is 39.0 Å². The van der Waals surface area contributed by atoms with Gasteiger partial charge < -0.3 is 9.47 Å². The van der Waals surface area contributed by atoms with Gasteiger partial charge in [-0.25, -0.2) is 0 Å². The highest BCUT2D eigenvalue weighted by molar-refractivity contribution is 6.30. The molecule has 0 amide bonds. The van der Waals surface area contributed by atoms with E-state index in [9.17, 15) is 9.59 Å². The molecule has 1 rings (SSSR count). The highest BCUT2D eigenvalue weighted by atomic mass is 35.5. The third kappa shape index (κ3) is 4.97. The maximum atomic E-state index is 12.7. The van der Waals surface area contributed by atoms with Crippen molar-refractivity contribution in [1.29, 1.82) is 0 Å². The molecule has 0 bridgehead atoms. The van der Waals surface area contributed by atoms with E-state index in [4.69, 9.17) is 21.1 Å². The minimum absolute atomic E-state index is 0.335. The van der Waals surface area contributed by atoms with Crippen molar-refractivity contribution in [2.45, 2.75) is 59.8 Å². The summed E-state index contributed by atoms with van der Waals surface area (Å²) in [7, 11) is 0. The van der Waals surface area contributed by atoms with E-state index in [2.05, 4.69) is 6.92 Å². The second-order valence-electron chi connectivity index (χ2n) is 5.93. The summed E-state index contributed by atoms with van der Waals surface area (Å²) in [6.45, 7) is 7.81. The first-order chi connectivity index (χ1) is 11.4. The predicted octanol–water partition coefficient (Wildman–Crippen LogP) is 5.09. The molecule has 1 aromatic rings. The van der Waals surface area contributed by atoms with Gasteiger partial charge in [0.25, 0.3) is 0 Å². The molecule has 0 aromatic heterocycles. The molecular weight excluding hydrogens is 328 g/mol. The number of benzene rings is 1. The molecule has 4 nitrogen and oxygen atoms in total. The highest BCUT2D eigenvalue weighted by Crippen LogP contribution is 2.32. The van der Waals surface area contributed by atoms with Crippen molar-refractivity contribution in [1.82, 2.24) is 0 Å². The molecule has 0 aliphatic carbocycles. The van der Waals surface area contributed by atoms with Gasteiger partial charge in [0.05, 0.1) is 6.61 Å². The van der Waals surface area contributed by atoms with E-state index in [0.29, 0.717) is 30.2 Å². The largest absolute Gasteiger partial charge is 0.465 e. The number of ether oxygens (including phenoxy) is 2. The van der Waals surface area contributed by atoms with Crippen LogP contribution in [-0.2, 0) is 14.3 Å². The molecule has 0 radical (unpaired) electrons. The minimum Gasteiger partial charge on any atom is -0.465 e. The van der Waals surface area contributed by atoms with Crippen molar-refractivity contribution < 1.29 is 19.1 Å². The standard InChI is InChI=1S/C19H27ClO4/c1-5-8-9-12-23-17(21)19(6-2,7-3)18(22)24-16-11-10-15(20)13-14(16)4/h10-11,13H,5-9,12H2,1-4H3. The van der Waals surface area contributed by atoms with Crippen molar-refractivity contribution in [2.24, 2.45) is 5.41 Å². The first-order valence-electron chi connectivity index (χ1n) is 8.56. The maximum Gasteiger partial charge on any atom is 0.328 e. The van der Waals surface area contributed by atoms with Gasteiger partial charge in [-0.3, -0.25) is 9.59 Å². The zero-order chi connectivity index (χ0) is 18.2. The third-order valence-corrected chi connectivity index (χ3v) is 4.54. The molecule has 0 aliphatic heterocycles. The highest BCUT2D eigenvalue weighted by Gasteiger charge is 2.46. The van der Waals surface area contributed by atoms with Gasteiger partial charge in [-0.05, 0) is 49.9 Å². The van der Waals surface area contributed by atoms with Crippen LogP contribution in [0.4, 0.5) is 0 Å². The minimum atomic E-state index is -1.27. The number of aryl methyl sites for hydroxylation is 1. The average Bonchev–Trinajstić information content (AvgIpc) is 2.56. The normalized spacial score (nSPS) is 11.2. The SMILES string of the molecule is CCCCCOC(=O)C(CC)(CC)C(=O)Oc1ccc(Cl)cc1C. The quantitative estimate of drug-likeness (QED) is 0.268. The van der Waals surface area contributed by atoms with Crippen molar-refractivity contribution in [3.63, 3.8) is 0 Å². The zero-order valence-electron chi connectivity index (χ0n) is 15.0. The average molecular weight is 355 g/mol. The number of unbranched alkanes of at least 4 members (excludes halogenated alkanes) is 2. The molecule has 134 valence electrons. The summed E-state index contributed by atoms with van der Waals surface area (Å²) < 4.78 is 10.8. The van der Waals surface area contributed by atoms with Gasteiger partial charge in [0, 0.05) is 5.02 Å². The van der Waals surface area contributed by atoms with Crippen LogP contribution in [0.25, 0.3) is 0 Å². The molecule has 0 saturated carbocycles. The summed E-state index contributed by atoms with van der Waals surface area (Å²) in [6, 6.07) is 5.00. The molecule has 0 fully saturated rings. The second-order valence-corrected chi connectivity index (χ2v) is 6.37. The van der Waals surface area contributed by atoms with Crippen LogP contribution in [0.1, 0.15) is 58.4 Å². The van der Waals surface area contributed by atoms with Crippen molar-refractivity contribution in [3.05, 3.63) is 28.8 Å². The fraction of sp³-hybridized carbons (Fsp3) is 0.579. The van der Waals surface area contributed by atoms with E-state index in [0.717, 1.165) is 24.8 Å². The lowest BCUT2D eigenvalue weighted by Gasteiger charge is -2.27. The van der Waals surface area contributed by atoms with E-state index in [1.807, 2.05) is 0 Å². The third-order valence-electron chi connectivity index (χ3n) is 4.31. The Morgan fingerprint density at radius 2 is 1.75 bits per heavy atom. The Hall–Kier alpha value is -1.55.